The third kappa shape index (κ3) is 2.37. The maximum atomic E-state index is 12.5. The third-order valence-corrected chi connectivity index (χ3v) is 5.78. The summed E-state index contributed by atoms with van der Waals surface area (Å²) in [6.07, 6.45) is -0.444. The van der Waals surface area contributed by atoms with Crippen molar-refractivity contribution in [3.05, 3.63) is 23.8 Å². The fourth-order valence-electron chi connectivity index (χ4n) is 2.49. The Kier molecular flexibility index (Phi) is 4.24. The van der Waals surface area contributed by atoms with Crippen LogP contribution in [0.15, 0.2) is 23.1 Å². The summed E-state index contributed by atoms with van der Waals surface area (Å²) in [5.74, 6) is -0.721. The molecule has 7 nitrogen and oxygen atoms in total. The Balaban J connectivity index is 2.57. The number of carbonyl (C=O) groups is 1. The van der Waals surface area contributed by atoms with Gasteiger partial charge in [0.15, 0.2) is 5.60 Å². The van der Waals surface area contributed by atoms with Crippen molar-refractivity contribution < 1.29 is 18.3 Å². The molecule has 1 aromatic carbocycles. The van der Waals surface area contributed by atoms with Crippen LogP contribution in [0.1, 0.15) is 25.8 Å². The van der Waals surface area contributed by atoms with Gasteiger partial charge in [0.2, 0.25) is 10.0 Å². The van der Waals surface area contributed by atoms with Crippen LogP contribution in [0.25, 0.3) is 0 Å². The van der Waals surface area contributed by atoms with E-state index in [0.717, 1.165) is 0 Å². The Labute approximate surface area is 129 Å². The molecule has 0 saturated carbocycles. The van der Waals surface area contributed by atoms with Gasteiger partial charge in [-0.3, -0.25) is 4.79 Å². The highest BCUT2D eigenvalue weighted by molar-refractivity contribution is 7.89. The van der Waals surface area contributed by atoms with Gasteiger partial charge in [0.05, 0.1) is 17.4 Å². The number of aliphatic hydroxyl groups is 1. The van der Waals surface area contributed by atoms with E-state index in [9.17, 15) is 18.3 Å². The van der Waals surface area contributed by atoms with E-state index in [-0.39, 0.29) is 10.5 Å². The van der Waals surface area contributed by atoms with Crippen molar-refractivity contribution in [3.8, 4) is 6.07 Å². The predicted molar refractivity (Wildman–Crippen MR) is 79.3 cm³/mol. The number of benzene rings is 1. The quantitative estimate of drug-likeness (QED) is 0.831. The predicted octanol–water partition coefficient (Wildman–Crippen LogP) is 0.770. The van der Waals surface area contributed by atoms with Gasteiger partial charge < -0.3 is 10.4 Å². The average molecular weight is 323 g/mol. The van der Waals surface area contributed by atoms with Gasteiger partial charge in [-0.15, -0.1) is 0 Å². The van der Waals surface area contributed by atoms with Gasteiger partial charge >= 0.3 is 0 Å². The minimum atomic E-state index is -3.71. The summed E-state index contributed by atoms with van der Waals surface area (Å²) < 4.78 is 26.3. The number of rotatable bonds is 5. The van der Waals surface area contributed by atoms with Gasteiger partial charge in [-0.2, -0.15) is 9.57 Å². The third-order valence-electron chi connectivity index (χ3n) is 3.74. The molecule has 0 aliphatic carbocycles. The first-order valence-electron chi connectivity index (χ1n) is 6.86. The number of amides is 1. The van der Waals surface area contributed by atoms with Crippen molar-refractivity contribution in [1.82, 2.24) is 4.31 Å². The van der Waals surface area contributed by atoms with Gasteiger partial charge in [-0.1, -0.05) is 13.8 Å². The standard InChI is InChI=1S/C14H17N3O4S/c1-3-17(4-2)22(20,21)10-5-6-12-11(9-10)14(19,7-8-15)13(18)16-12/h5-6,9,19H,3-4,7H2,1-2H3,(H,16,18). The normalized spacial score (nSPS) is 20.6. The lowest BCUT2D eigenvalue weighted by Gasteiger charge is -2.20. The summed E-state index contributed by atoms with van der Waals surface area (Å²) in [5.41, 5.74) is -1.58. The number of anilines is 1. The van der Waals surface area contributed by atoms with Crippen molar-refractivity contribution in [3.63, 3.8) is 0 Å². The molecule has 1 aromatic rings. The fourth-order valence-corrected chi connectivity index (χ4v) is 3.97. The molecular weight excluding hydrogens is 306 g/mol. The van der Waals surface area contributed by atoms with Crippen LogP contribution in [0.5, 0.6) is 0 Å². The van der Waals surface area contributed by atoms with Gasteiger partial charge in [0, 0.05) is 24.3 Å². The molecule has 118 valence electrons. The van der Waals surface area contributed by atoms with Crippen LogP contribution < -0.4 is 5.32 Å². The van der Waals surface area contributed by atoms with Crippen LogP contribution in [-0.2, 0) is 20.4 Å². The van der Waals surface area contributed by atoms with Crippen molar-refractivity contribution in [2.24, 2.45) is 0 Å². The van der Waals surface area contributed by atoms with E-state index in [1.807, 2.05) is 0 Å². The first kappa shape index (κ1) is 16.4. The Morgan fingerprint density at radius 2 is 2.00 bits per heavy atom. The van der Waals surface area contributed by atoms with E-state index in [1.165, 1.54) is 22.5 Å². The molecule has 1 aliphatic heterocycles. The average Bonchev–Trinajstić information content (AvgIpc) is 2.71. The molecule has 0 fully saturated rings. The minimum absolute atomic E-state index is 0.0113. The largest absolute Gasteiger partial charge is 0.374 e. The van der Waals surface area contributed by atoms with Crippen LogP contribution in [0.4, 0.5) is 5.69 Å². The second kappa shape index (κ2) is 5.68. The molecule has 0 spiro atoms. The first-order valence-corrected chi connectivity index (χ1v) is 8.30. The Morgan fingerprint density at radius 3 is 2.55 bits per heavy atom. The van der Waals surface area contributed by atoms with Gasteiger partial charge in [0.1, 0.15) is 0 Å². The number of nitrogens with one attached hydrogen (secondary N) is 1. The lowest BCUT2D eigenvalue weighted by molar-refractivity contribution is -0.133. The van der Waals surface area contributed by atoms with Crippen LogP contribution in [0.3, 0.4) is 0 Å². The summed E-state index contributed by atoms with van der Waals surface area (Å²) >= 11 is 0. The van der Waals surface area contributed by atoms with E-state index in [4.69, 9.17) is 5.26 Å². The summed E-state index contributed by atoms with van der Waals surface area (Å²) in [5, 5.41) is 21.7. The number of hydrogen-bond acceptors (Lipinski definition) is 5. The van der Waals surface area contributed by atoms with Crippen molar-refractivity contribution in [2.45, 2.75) is 30.8 Å². The SMILES string of the molecule is CCN(CC)S(=O)(=O)c1ccc2c(c1)C(O)(CC#N)C(=O)N2. The van der Waals surface area contributed by atoms with Crippen molar-refractivity contribution in [1.29, 1.82) is 5.26 Å². The molecule has 2 rings (SSSR count). The van der Waals surface area contributed by atoms with Crippen LogP contribution in [-0.4, -0.2) is 36.8 Å². The van der Waals surface area contributed by atoms with E-state index < -0.39 is 28.0 Å². The first-order chi connectivity index (χ1) is 10.3. The zero-order valence-corrected chi connectivity index (χ0v) is 13.1. The molecule has 1 amide bonds. The highest BCUT2D eigenvalue weighted by Crippen LogP contribution is 2.39. The second-order valence-corrected chi connectivity index (χ2v) is 6.88. The molecular formula is C14H17N3O4S. The van der Waals surface area contributed by atoms with Gasteiger partial charge in [-0.05, 0) is 18.2 Å². The Bertz CT molecular complexity index is 750. The molecule has 2 N–H and O–H groups in total. The summed E-state index contributed by atoms with van der Waals surface area (Å²) in [7, 11) is -3.71. The molecule has 0 radical (unpaired) electrons. The van der Waals surface area contributed by atoms with E-state index in [1.54, 1.807) is 19.9 Å². The van der Waals surface area contributed by atoms with Crippen molar-refractivity contribution in [2.75, 3.05) is 18.4 Å². The van der Waals surface area contributed by atoms with Crippen LogP contribution in [0.2, 0.25) is 0 Å². The van der Waals surface area contributed by atoms with E-state index in [2.05, 4.69) is 5.32 Å². The summed E-state index contributed by atoms with van der Waals surface area (Å²) in [6.45, 7) is 4.09. The second-order valence-electron chi connectivity index (χ2n) is 4.95. The molecule has 0 aromatic heterocycles. The number of fused-ring (bicyclic) bond motifs is 1. The van der Waals surface area contributed by atoms with Gasteiger partial charge in [-0.25, -0.2) is 8.42 Å². The number of hydrogen-bond donors (Lipinski definition) is 2. The Morgan fingerprint density at radius 1 is 1.36 bits per heavy atom. The number of carbonyl (C=O) groups excluding carboxylic acids is 1. The summed E-state index contributed by atoms with van der Waals surface area (Å²) in [6, 6.07) is 5.83. The Hall–Kier alpha value is -1.95. The summed E-state index contributed by atoms with van der Waals surface area (Å²) in [4.78, 5) is 11.9. The highest BCUT2D eigenvalue weighted by atomic mass is 32.2. The smallest absolute Gasteiger partial charge is 0.262 e. The molecule has 0 bridgehead atoms. The topological polar surface area (TPSA) is 110 Å². The molecule has 0 saturated heterocycles. The molecule has 1 heterocycles. The molecule has 8 heteroatoms. The molecule has 1 aliphatic rings. The lowest BCUT2D eigenvalue weighted by Crippen LogP contribution is -2.34. The van der Waals surface area contributed by atoms with Gasteiger partial charge in [0.25, 0.3) is 5.91 Å². The zero-order chi connectivity index (χ0) is 16.5. The highest BCUT2D eigenvalue weighted by Gasteiger charge is 2.45. The maximum absolute atomic E-state index is 12.5. The van der Waals surface area contributed by atoms with Crippen LogP contribution in [0, 0.1) is 11.3 Å². The number of nitrogens with zero attached hydrogens (tertiary/aromatic N) is 2. The van der Waals surface area contributed by atoms with E-state index >= 15 is 0 Å². The zero-order valence-electron chi connectivity index (χ0n) is 12.3. The van der Waals surface area contributed by atoms with Crippen LogP contribution >= 0.6 is 0 Å². The molecule has 22 heavy (non-hydrogen) atoms. The fraction of sp³-hybridized carbons (Fsp3) is 0.429. The maximum Gasteiger partial charge on any atom is 0.262 e. The molecule has 1 atom stereocenters. The van der Waals surface area contributed by atoms with E-state index in [0.29, 0.717) is 18.8 Å². The lowest BCUT2D eigenvalue weighted by atomic mass is 9.92. The monoisotopic (exact) mass is 323 g/mol. The number of sulfonamides is 1. The molecule has 1 unspecified atom stereocenters. The minimum Gasteiger partial charge on any atom is -0.374 e. The number of nitriles is 1. The van der Waals surface area contributed by atoms with Crippen molar-refractivity contribution >= 4 is 21.6 Å².